The number of nitrogens with one attached hydrogen (secondary N) is 1. The molecule has 4 heteroatoms. The van der Waals surface area contributed by atoms with Crippen LogP contribution in [0, 0.1) is 0 Å². The first-order valence-electron chi connectivity index (χ1n) is 6.90. The summed E-state index contributed by atoms with van der Waals surface area (Å²) in [4.78, 5) is 25.5. The van der Waals surface area contributed by atoms with Crippen molar-refractivity contribution in [2.75, 3.05) is 0 Å². The van der Waals surface area contributed by atoms with E-state index in [1.165, 1.54) is 4.90 Å². The van der Waals surface area contributed by atoms with Crippen LogP contribution in [0.25, 0.3) is 0 Å². The van der Waals surface area contributed by atoms with E-state index in [2.05, 4.69) is 17.5 Å². The van der Waals surface area contributed by atoms with E-state index in [1.807, 2.05) is 13.8 Å². The summed E-state index contributed by atoms with van der Waals surface area (Å²) in [6, 6.07) is 0.0553. The van der Waals surface area contributed by atoms with E-state index in [0.717, 1.165) is 25.7 Å². The zero-order valence-electron chi connectivity index (χ0n) is 11.2. The molecule has 1 N–H and O–H groups in total. The van der Waals surface area contributed by atoms with Gasteiger partial charge in [-0.25, -0.2) is 0 Å². The zero-order valence-corrected chi connectivity index (χ0v) is 11.2. The lowest BCUT2D eigenvalue weighted by atomic mass is 10.0. The lowest BCUT2D eigenvalue weighted by Gasteiger charge is -2.24. The Labute approximate surface area is 108 Å². The molecule has 3 atom stereocenters. The molecule has 1 saturated heterocycles. The van der Waals surface area contributed by atoms with Crippen LogP contribution < -0.4 is 5.32 Å². The molecule has 100 valence electrons. The van der Waals surface area contributed by atoms with Gasteiger partial charge >= 0.3 is 0 Å². The van der Waals surface area contributed by atoms with E-state index in [-0.39, 0.29) is 23.9 Å². The van der Waals surface area contributed by atoms with Gasteiger partial charge in [0, 0.05) is 12.1 Å². The molecule has 1 aliphatic heterocycles. The molecule has 2 amide bonds. The van der Waals surface area contributed by atoms with Gasteiger partial charge in [-0.1, -0.05) is 19.1 Å². The molecule has 0 saturated carbocycles. The maximum absolute atomic E-state index is 12.2. The van der Waals surface area contributed by atoms with Crippen LogP contribution in [0.15, 0.2) is 12.2 Å². The van der Waals surface area contributed by atoms with E-state index in [4.69, 9.17) is 0 Å². The molecule has 2 aliphatic rings. The highest BCUT2D eigenvalue weighted by atomic mass is 16.2. The van der Waals surface area contributed by atoms with Gasteiger partial charge in [0.1, 0.15) is 0 Å². The predicted octanol–water partition coefficient (Wildman–Crippen LogP) is 1.61. The number of carbonyl (C=O) groups is 2. The van der Waals surface area contributed by atoms with Gasteiger partial charge in [0.2, 0.25) is 11.8 Å². The Morgan fingerprint density at radius 1 is 1.44 bits per heavy atom. The lowest BCUT2D eigenvalue weighted by molar-refractivity contribution is -0.141. The monoisotopic (exact) mass is 250 g/mol. The smallest absolute Gasteiger partial charge is 0.247 e. The molecule has 0 aromatic carbocycles. The minimum atomic E-state index is -0.303. The third-order valence-electron chi connectivity index (χ3n) is 3.92. The fourth-order valence-electron chi connectivity index (χ4n) is 2.66. The molecule has 2 rings (SSSR count). The summed E-state index contributed by atoms with van der Waals surface area (Å²) in [5, 5.41) is 3.34. The molecule has 0 bridgehead atoms. The van der Waals surface area contributed by atoms with E-state index in [0.29, 0.717) is 12.5 Å². The fourth-order valence-corrected chi connectivity index (χ4v) is 2.66. The van der Waals surface area contributed by atoms with Gasteiger partial charge in [0.25, 0.3) is 0 Å². The van der Waals surface area contributed by atoms with Crippen LogP contribution in [0.2, 0.25) is 0 Å². The van der Waals surface area contributed by atoms with Crippen molar-refractivity contribution in [1.29, 1.82) is 0 Å². The number of rotatable bonds is 4. The Hall–Kier alpha value is -1.16. The van der Waals surface area contributed by atoms with Crippen LogP contribution in [0.3, 0.4) is 0 Å². The quantitative estimate of drug-likeness (QED) is 0.609. The number of imide groups is 1. The fraction of sp³-hybridized carbons (Fsp3) is 0.714. The van der Waals surface area contributed by atoms with Crippen LogP contribution in [0.5, 0.6) is 0 Å². The highest BCUT2D eigenvalue weighted by molar-refractivity contribution is 6.05. The summed E-state index contributed by atoms with van der Waals surface area (Å²) in [7, 11) is 0. The van der Waals surface area contributed by atoms with E-state index in [9.17, 15) is 9.59 Å². The number of amides is 2. The standard InChI is InChI=1S/C14H22N2O2/c1-3-10(2)16-13(17)9-12(14(16)18)15-11-7-5-4-6-8-11/h4-5,10-12,15H,3,6-9H2,1-2H3. The molecule has 0 aromatic rings. The Kier molecular flexibility index (Phi) is 4.17. The number of carbonyl (C=O) groups excluding carboxylic acids is 2. The van der Waals surface area contributed by atoms with Crippen LogP contribution in [0.4, 0.5) is 0 Å². The molecule has 1 fully saturated rings. The molecular formula is C14H22N2O2. The predicted molar refractivity (Wildman–Crippen MR) is 69.9 cm³/mol. The van der Waals surface area contributed by atoms with E-state index < -0.39 is 0 Å². The SMILES string of the molecule is CCC(C)N1C(=O)CC(NC2CC=CCC2)C1=O. The number of hydrogen-bond acceptors (Lipinski definition) is 3. The van der Waals surface area contributed by atoms with Crippen molar-refractivity contribution in [2.45, 2.75) is 64.1 Å². The van der Waals surface area contributed by atoms with Gasteiger partial charge < -0.3 is 5.32 Å². The molecule has 18 heavy (non-hydrogen) atoms. The molecule has 0 radical (unpaired) electrons. The third-order valence-corrected chi connectivity index (χ3v) is 3.92. The van der Waals surface area contributed by atoms with Crippen molar-refractivity contribution < 1.29 is 9.59 Å². The molecule has 3 unspecified atom stereocenters. The summed E-state index contributed by atoms with van der Waals surface area (Å²) in [5.74, 6) is -0.0675. The highest BCUT2D eigenvalue weighted by Gasteiger charge is 2.41. The summed E-state index contributed by atoms with van der Waals surface area (Å²) < 4.78 is 0. The normalized spacial score (nSPS) is 30.0. The molecule has 1 heterocycles. The van der Waals surface area contributed by atoms with Gasteiger partial charge in [-0.05, 0) is 32.6 Å². The topological polar surface area (TPSA) is 49.4 Å². The first-order chi connectivity index (χ1) is 8.63. The summed E-state index contributed by atoms with van der Waals surface area (Å²) in [5.41, 5.74) is 0. The first-order valence-corrected chi connectivity index (χ1v) is 6.90. The van der Waals surface area contributed by atoms with E-state index >= 15 is 0 Å². The lowest BCUT2D eigenvalue weighted by Crippen LogP contribution is -2.46. The second kappa shape index (κ2) is 5.65. The number of nitrogens with zero attached hydrogens (tertiary/aromatic N) is 1. The minimum Gasteiger partial charge on any atom is -0.302 e. The molecule has 4 nitrogen and oxygen atoms in total. The van der Waals surface area contributed by atoms with Crippen molar-refractivity contribution in [1.82, 2.24) is 10.2 Å². The zero-order chi connectivity index (χ0) is 13.1. The van der Waals surface area contributed by atoms with Crippen molar-refractivity contribution >= 4 is 11.8 Å². The average molecular weight is 250 g/mol. The summed E-state index contributed by atoms with van der Waals surface area (Å²) >= 11 is 0. The van der Waals surface area contributed by atoms with Gasteiger partial charge in [-0.15, -0.1) is 0 Å². The number of allylic oxidation sites excluding steroid dienone is 1. The van der Waals surface area contributed by atoms with Gasteiger partial charge in [0.15, 0.2) is 0 Å². The van der Waals surface area contributed by atoms with E-state index in [1.54, 1.807) is 0 Å². The van der Waals surface area contributed by atoms with Crippen molar-refractivity contribution in [3.05, 3.63) is 12.2 Å². The molecule has 0 spiro atoms. The second-order valence-electron chi connectivity index (χ2n) is 5.26. The first kappa shape index (κ1) is 13.3. The average Bonchev–Trinajstić information content (AvgIpc) is 2.65. The molecular weight excluding hydrogens is 228 g/mol. The minimum absolute atomic E-state index is 0.0167. The van der Waals surface area contributed by atoms with Crippen molar-refractivity contribution in [2.24, 2.45) is 0 Å². The maximum atomic E-state index is 12.2. The van der Waals surface area contributed by atoms with Gasteiger partial charge in [0.05, 0.1) is 12.5 Å². The Bertz CT molecular complexity index is 365. The summed E-state index contributed by atoms with van der Waals surface area (Å²) in [6.45, 7) is 3.93. The third kappa shape index (κ3) is 2.64. The van der Waals surface area contributed by atoms with Gasteiger partial charge in [-0.3, -0.25) is 14.5 Å². The van der Waals surface area contributed by atoms with Crippen molar-refractivity contribution in [3.8, 4) is 0 Å². The Balaban J connectivity index is 1.97. The Morgan fingerprint density at radius 2 is 2.22 bits per heavy atom. The van der Waals surface area contributed by atoms with Crippen molar-refractivity contribution in [3.63, 3.8) is 0 Å². The highest BCUT2D eigenvalue weighted by Crippen LogP contribution is 2.20. The maximum Gasteiger partial charge on any atom is 0.247 e. The molecule has 0 aromatic heterocycles. The second-order valence-corrected chi connectivity index (χ2v) is 5.26. The van der Waals surface area contributed by atoms with Gasteiger partial charge in [-0.2, -0.15) is 0 Å². The van der Waals surface area contributed by atoms with Crippen LogP contribution >= 0.6 is 0 Å². The Morgan fingerprint density at radius 3 is 2.83 bits per heavy atom. The van der Waals surface area contributed by atoms with Crippen LogP contribution in [-0.2, 0) is 9.59 Å². The van der Waals surface area contributed by atoms with Crippen LogP contribution in [-0.4, -0.2) is 34.8 Å². The molecule has 1 aliphatic carbocycles. The largest absolute Gasteiger partial charge is 0.302 e. The van der Waals surface area contributed by atoms with Crippen LogP contribution in [0.1, 0.15) is 46.0 Å². The number of likely N-dealkylation sites (tertiary alicyclic amines) is 1. The summed E-state index contributed by atoms with van der Waals surface area (Å²) in [6.07, 6.45) is 8.53. The number of hydrogen-bond donors (Lipinski definition) is 1.